The number of hydrogen-bond donors (Lipinski definition) is 1. The van der Waals surface area contributed by atoms with E-state index in [0.29, 0.717) is 0 Å². The highest BCUT2D eigenvalue weighted by molar-refractivity contribution is 6.29. The number of furan rings is 1. The summed E-state index contributed by atoms with van der Waals surface area (Å²) in [6.45, 7) is 2.19. The van der Waals surface area contributed by atoms with Gasteiger partial charge in [0.2, 0.25) is 0 Å². The monoisotopic (exact) mass is 291 g/mol. The molecule has 2 rings (SSSR count). The van der Waals surface area contributed by atoms with Crippen molar-refractivity contribution in [2.24, 2.45) is 0 Å². The summed E-state index contributed by atoms with van der Waals surface area (Å²) in [5.41, 5.74) is 2.04. The third kappa shape index (κ3) is 4.14. The van der Waals surface area contributed by atoms with Crippen LogP contribution < -0.4 is 5.32 Å². The number of aryl methyl sites for hydroxylation is 1. The maximum absolute atomic E-state index is 11.9. The van der Waals surface area contributed by atoms with Crippen LogP contribution in [0.15, 0.2) is 40.8 Å². The molecule has 2 aromatic rings. The molecule has 4 heteroatoms. The summed E-state index contributed by atoms with van der Waals surface area (Å²) in [5.74, 6) is -0.0855. The number of benzene rings is 1. The van der Waals surface area contributed by atoms with E-state index in [1.807, 2.05) is 24.3 Å². The molecule has 3 nitrogen and oxygen atoms in total. The summed E-state index contributed by atoms with van der Waals surface area (Å²) >= 11 is 5.64. The normalized spacial score (nSPS) is 10.5. The Morgan fingerprint density at radius 1 is 1.15 bits per heavy atom. The number of nitrogens with one attached hydrogen (secondary N) is 1. The SMILES string of the molecule is CCCCCc1ccc(NC(=O)c2ccc(Cl)o2)cc1. The van der Waals surface area contributed by atoms with Crippen molar-refractivity contribution in [2.75, 3.05) is 5.32 Å². The van der Waals surface area contributed by atoms with Crippen LogP contribution >= 0.6 is 11.6 Å². The maximum Gasteiger partial charge on any atom is 0.291 e. The molecular weight excluding hydrogens is 274 g/mol. The van der Waals surface area contributed by atoms with Gasteiger partial charge in [0.05, 0.1) is 0 Å². The van der Waals surface area contributed by atoms with Gasteiger partial charge in [-0.2, -0.15) is 0 Å². The number of hydrogen-bond acceptors (Lipinski definition) is 2. The van der Waals surface area contributed by atoms with Crippen molar-refractivity contribution in [2.45, 2.75) is 32.6 Å². The molecule has 1 heterocycles. The molecule has 0 radical (unpaired) electrons. The van der Waals surface area contributed by atoms with Crippen LogP contribution in [0.3, 0.4) is 0 Å². The van der Waals surface area contributed by atoms with Gasteiger partial charge in [-0.25, -0.2) is 0 Å². The third-order valence-electron chi connectivity index (χ3n) is 3.08. The van der Waals surface area contributed by atoms with Crippen molar-refractivity contribution in [3.63, 3.8) is 0 Å². The highest BCUT2D eigenvalue weighted by atomic mass is 35.5. The molecule has 20 heavy (non-hydrogen) atoms. The summed E-state index contributed by atoms with van der Waals surface area (Å²) in [6, 6.07) is 11.0. The van der Waals surface area contributed by atoms with E-state index < -0.39 is 0 Å². The number of halogens is 1. The molecule has 106 valence electrons. The number of carbonyl (C=O) groups excluding carboxylic acids is 1. The lowest BCUT2D eigenvalue weighted by Gasteiger charge is -2.05. The molecule has 0 aliphatic rings. The average molecular weight is 292 g/mol. The van der Waals surface area contributed by atoms with E-state index in [1.165, 1.54) is 24.8 Å². The summed E-state index contributed by atoms with van der Waals surface area (Å²) in [6.07, 6.45) is 4.75. The standard InChI is InChI=1S/C16H18ClNO2/c1-2-3-4-5-12-6-8-13(9-7-12)18-16(19)14-10-11-15(17)20-14/h6-11H,2-5H2,1H3,(H,18,19). The van der Waals surface area contributed by atoms with Gasteiger partial charge in [-0.05, 0) is 54.3 Å². The molecule has 1 amide bonds. The van der Waals surface area contributed by atoms with Crippen molar-refractivity contribution >= 4 is 23.2 Å². The molecule has 0 unspecified atom stereocenters. The molecule has 1 aromatic carbocycles. The van der Waals surface area contributed by atoms with Crippen molar-refractivity contribution in [3.8, 4) is 0 Å². The predicted octanol–water partition coefficient (Wildman–Crippen LogP) is 4.92. The van der Waals surface area contributed by atoms with Gasteiger partial charge in [0.15, 0.2) is 11.0 Å². The van der Waals surface area contributed by atoms with Crippen molar-refractivity contribution in [1.82, 2.24) is 0 Å². The van der Waals surface area contributed by atoms with Gasteiger partial charge in [-0.15, -0.1) is 0 Å². The maximum atomic E-state index is 11.9. The largest absolute Gasteiger partial charge is 0.440 e. The van der Waals surface area contributed by atoms with E-state index in [0.717, 1.165) is 12.1 Å². The highest BCUT2D eigenvalue weighted by Crippen LogP contribution is 2.16. The molecular formula is C16H18ClNO2. The fraction of sp³-hybridized carbons (Fsp3) is 0.312. The zero-order valence-electron chi connectivity index (χ0n) is 11.5. The zero-order chi connectivity index (χ0) is 14.4. The second-order valence-electron chi connectivity index (χ2n) is 4.71. The molecule has 0 aliphatic heterocycles. The van der Waals surface area contributed by atoms with Gasteiger partial charge >= 0.3 is 0 Å². The molecule has 0 bridgehead atoms. The van der Waals surface area contributed by atoms with Crippen LogP contribution in [0, 0.1) is 0 Å². The predicted molar refractivity (Wildman–Crippen MR) is 81.3 cm³/mol. The van der Waals surface area contributed by atoms with Gasteiger partial charge in [0.1, 0.15) is 0 Å². The Morgan fingerprint density at radius 2 is 1.90 bits per heavy atom. The lowest BCUT2D eigenvalue weighted by Crippen LogP contribution is -2.10. The van der Waals surface area contributed by atoms with Crippen LogP contribution in [-0.4, -0.2) is 5.91 Å². The zero-order valence-corrected chi connectivity index (χ0v) is 12.2. The first kappa shape index (κ1) is 14.7. The Hall–Kier alpha value is -1.74. The molecule has 0 atom stereocenters. The minimum Gasteiger partial charge on any atom is -0.440 e. The van der Waals surface area contributed by atoms with Crippen LogP contribution in [0.1, 0.15) is 42.3 Å². The second-order valence-corrected chi connectivity index (χ2v) is 5.08. The van der Waals surface area contributed by atoms with E-state index in [1.54, 1.807) is 12.1 Å². The van der Waals surface area contributed by atoms with Gasteiger partial charge < -0.3 is 9.73 Å². The molecule has 0 spiro atoms. The van der Waals surface area contributed by atoms with E-state index in [2.05, 4.69) is 12.2 Å². The first-order chi connectivity index (χ1) is 9.69. The summed E-state index contributed by atoms with van der Waals surface area (Å²) < 4.78 is 5.06. The lowest BCUT2D eigenvalue weighted by atomic mass is 10.1. The minimum atomic E-state index is -0.296. The number of amides is 1. The van der Waals surface area contributed by atoms with E-state index in [4.69, 9.17) is 16.0 Å². The molecule has 0 fully saturated rings. The van der Waals surface area contributed by atoms with Gasteiger partial charge in [-0.3, -0.25) is 4.79 Å². The fourth-order valence-corrected chi connectivity index (χ4v) is 2.11. The molecule has 1 aromatic heterocycles. The van der Waals surface area contributed by atoms with Gasteiger partial charge in [0.25, 0.3) is 5.91 Å². The Morgan fingerprint density at radius 3 is 2.50 bits per heavy atom. The summed E-state index contributed by atoms with van der Waals surface area (Å²) in [5, 5.41) is 2.98. The first-order valence-corrected chi connectivity index (χ1v) is 7.22. The average Bonchev–Trinajstić information content (AvgIpc) is 2.88. The van der Waals surface area contributed by atoms with E-state index in [-0.39, 0.29) is 16.9 Å². The topological polar surface area (TPSA) is 42.2 Å². The van der Waals surface area contributed by atoms with Crippen molar-refractivity contribution in [3.05, 3.63) is 52.9 Å². The van der Waals surface area contributed by atoms with Gasteiger partial charge in [-0.1, -0.05) is 31.9 Å². The first-order valence-electron chi connectivity index (χ1n) is 6.84. The van der Waals surface area contributed by atoms with Crippen LogP contribution in [0.5, 0.6) is 0 Å². The Bertz CT molecular complexity index is 560. The molecule has 1 N–H and O–H groups in total. The van der Waals surface area contributed by atoms with Crippen molar-refractivity contribution < 1.29 is 9.21 Å². The quantitative estimate of drug-likeness (QED) is 0.768. The molecule has 0 saturated carbocycles. The van der Waals surface area contributed by atoms with Gasteiger partial charge in [0, 0.05) is 5.69 Å². The Labute approximate surface area is 123 Å². The Balaban J connectivity index is 1.91. The smallest absolute Gasteiger partial charge is 0.291 e. The number of carbonyl (C=O) groups is 1. The third-order valence-corrected chi connectivity index (χ3v) is 3.28. The van der Waals surface area contributed by atoms with Crippen molar-refractivity contribution in [1.29, 1.82) is 0 Å². The van der Waals surface area contributed by atoms with Crippen LogP contribution in [0.2, 0.25) is 5.22 Å². The summed E-state index contributed by atoms with van der Waals surface area (Å²) in [4.78, 5) is 11.9. The second kappa shape index (κ2) is 7.15. The fourth-order valence-electron chi connectivity index (χ4n) is 1.96. The van der Waals surface area contributed by atoms with E-state index in [9.17, 15) is 4.79 Å². The molecule has 0 saturated heterocycles. The van der Waals surface area contributed by atoms with Crippen LogP contribution in [-0.2, 0) is 6.42 Å². The highest BCUT2D eigenvalue weighted by Gasteiger charge is 2.10. The Kier molecular flexibility index (Phi) is 5.24. The number of rotatable bonds is 6. The van der Waals surface area contributed by atoms with Crippen LogP contribution in [0.25, 0.3) is 0 Å². The summed E-state index contributed by atoms with van der Waals surface area (Å²) in [7, 11) is 0. The number of unbranched alkanes of at least 4 members (excludes halogenated alkanes) is 2. The van der Waals surface area contributed by atoms with Crippen LogP contribution in [0.4, 0.5) is 5.69 Å². The minimum absolute atomic E-state index is 0.210. The number of anilines is 1. The lowest BCUT2D eigenvalue weighted by molar-refractivity contribution is 0.0997. The molecule has 0 aliphatic carbocycles. The van der Waals surface area contributed by atoms with E-state index >= 15 is 0 Å².